The van der Waals surface area contributed by atoms with E-state index in [-0.39, 0.29) is 6.04 Å². The van der Waals surface area contributed by atoms with E-state index >= 15 is 0 Å². The molecule has 4 heteroatoms. The van der Waals surface area contributed by atoms with Gasteiger partial charge in [0.05, 0.1) is 0 Å². The molecule has 1 fully saturated rings. The summed E-state index contributed by atoms with van der Waals surface area (Å²) < 4.78 is 0. The average Bonchev–Trinajstić information content (AvgIpc) is 2.38. The summed E-state index contributed by atoms with van der Waals surface area (Å²) in [6, 6.07) is 2.86. The summed E-state index contributed by atoms with van der Waals surface area (Å²) in [7, 11) is 0. The number of aryl methyl sites for hydroxylation is 1. The van der Waals surface area contributed by atoms with Crippen molar-refractivity contribution in [3.8, 4) is 0 Å². The van der Waals surface area contributed by atoms with Crippen LogP contribution in [0.25, 0.3) is 0 Å². The zero-order chi connectivity index (χ0) is 14.0. The molecule has 1 aliphatic heterocycles. The lowest BCUT2D eigenvalue weighted by atomic mass is 10.1. The molecule has 0 aromatic carbocycles. The SMILES string of the molecule is Cc1cc(N2CCN(C(C)C)CC2)ncc1[C@@H](C)N. The van der Waals surface area contributed by atoms with Gasteiger partial charge in [-0.3, -0.25) is 4.90 Å². The molecule has 0 amide bonds. The Kier molecular flexibility index (Phi) is 4.42. The number of pyridine rings is 1. The van der Waals surface area contributed by atoms with Crippen LogP contribution in [-0.2, 0) is 0 Å². The van der Waals surface area contributed by atoms with Gasteiger partial charge in [0.25, 0.3) is 0 Å². The first-order chi connectivity index (χ1) is 8.99. The minimum atomic E-state index is 0.0549. The van der Waals surface area contributed by atoms with Crippen LogP contribution in [0.5, 0.6) is 0 Å². The van der Waals surface area contributed by atoms with Crippen LogP contribution in [0.2, 0.25) is 0 Å². The van der Waals surface area contributed by atoms with Gasteiger partial charge in [-0.1, -0.05) is 0 Å². The maximum Gasteiger partial charge on any atom is 0.128 e. The highest BCUT2D eigenvalue weighted by atomic mass is 15.3. The molecule has 0 aliphatic carbocycles. The quantitative estimate of drug-likeness (QED) is 0.904. The van der Waals surface area contributed by atoms with Gasteiger partial charge in [-0.05, 0) is 44.9 Å². The summed E-state index contributed by atoms with van der Waals surface area (Å²) in [5.41, 5.74) is 8.32. The van der Waals surface area contributed by atoms with Crippen LogP contribution in [0.4, 0.5) is 5.82 Å². The third-order valence-corrected chi connectivity index (χ3v) is 4.00. The standard InChI is InChI=1S/C15H26N4/c1-11(2)18-5-7-19(8-6-18)15-9-12(3)14(10-17-15)13(4)16/h9-11,13H,5-8,16H2,1-4H3/t13-/m1/s1. The second-order valence-electron chi connectivity index (χ2n) is 5.80. The van der Waals surface area contributed by atoms with Crippen molar-refractivity contribution < 1.29 is 0 Å². The van der Waals surface area contributed by atoms with Gasteiger partial charge in [-0.25, -0.2) is 4.98 Å². The van der Waals surface area contributed by atoms with E-state index in [1.165, 1.54) is 5.56 Å². The van der Waals surface area contributed by atoms with Crippen molar-refractivity contribution >= 4 is 5.82 Å². The fourth-order valence-corrected chi connectivity index (χ4v) is 2.67. The molecular formula is C15H26N4. The van der Waals surface area contributed by atoms with Crippen molar-refractivity contribution in [3.63, 3.8) is 0 Å². The van der Waals surface area contributed by atoms with Gasteiger partial charge in [0, 0.05) is 44.5 Å². The Bertz CT molecular complexity index is 420. The van der Waals surface area contributed by atoms with E-state index in [1.807, 2.05) is 13.1 Å². The number of nitrogens with zero attached hydrogens (tertiary/aromatic N) is 3. The van der Waals surface area contributed by atoms with Gasteiger partial charge < -0.3 is 10.6 Å². The van der Waals surface area contributed by atoms with Crippen molar-refractivity contribution in [3.05, 3.63) is 23.4 Å². The molecule has 0 bridgehead atoms. The molecule has 106 valence electrons. The molecule has 2 N–H and O–H groups in total. The van der Waals surface area contributed by atoms with Gasteiger partial charge in [0.15, 0.2) is 0 Å². The molecule has 0 saturated carbocycles. The largest absolute Gasteiger partial charge is 0.354 e. The first kappa shape index (κ1) is 14.3. The fourth-order valence-electron chi connectivity index (χ4n) is 2.67. The Morgan fingerprint density at radius 1 is 1.16 bits per heavy atom. The Balaban J connectivity index is 2.06. The Labute approximate surface area is 116 Å². The molecule has 1 saturated heterocycles. The van der Waals surface area contributed by atoms with Crippen LogP contribution in [0, 0.1) is 6.92 Å². The first-order valence-electron chi connectivity index (χ1n) is 7.20. The molecule has 19 heavy (non-hydrogen) atoms. The van der Waals surface area contributed by atoms with Crippen molar-refractivity contribution in [2.75, 3.05) is 31.1 Å². The third kappa shape index (κ3) is 3.25. The van der Waals surface area contributed by atoms with E-state index in [9.17, 15) is 0 Å². The molecule has 1 aromatic heterocycles. The summed E-state index contributed by atoms with van der Waals surface area (Å²) in [6.45, 7) is 13.0. The van der Waals surface area contributed by atoms with E-state index in [2.05, 4.69) is 41.6 Å². The molecule has 4 nitrogen and oxygen atoms in total. The van der Waals surface area contributed by atoms with Gasteiger partial charge in [-0.2, -0.15) is 0 Å². The Morgan fingerprint density at radius 2 is 1.79 bits per heavy atom. The van der Waals surface area contributed by atoms with Crippen molar-refractivity contribution in [1.82, 2.24) is 9.88 Å². The van der Waals surface area contributed by atoms with Gasteiger partial charge in [0.1, 0.15) is 5.82 Å². The van der Waals surface area contributed by atoms with Gasteiger partial charge in [0.2, 0.25) is 0 Å². The van der Waals surface area contributed by atoms with Crippen LogP contribution in [0.15, 0.2) is 12.3 Å². The summed E-state index contributed by atoms with van der Waals surface area (Å²) in [4.78, 5) is 9.47. The third-order valence-electron chi connectivity index (χ3n) is 4.00. The molecule has 0 radical (unpaired) electrons. The van der Waals surface area contributed by atoms with Gasteiger partial charge in [-0.15, -0.1) is 0 Å². The minimum absolute atomic E-state index is 0.0549. The summed E-state index contributed by atoms with van der Waals surface area (Å²) in [5.74, 6) is 1.09. The zero-order valence-electron chi connectivity index (χ0n) is 12.6. The smallest absolute Gasteiger partial charge is 0.128 e. The highest BCUT2D eigenvalue weighted by Crippen LogP contribution is 2.21. The molecule has 0 unspecified atom stereocenters. The molecule has 2 rings (SSSR count). The zero-order valence-corrected chi connectivity index (χ0v) is 12.6. The Morgan fingerprint density at radius 3 is 2.26 bits per heavy atom. The fraction of sp³-hybridized carbons (Fsp3) is 0.667. The number of piperazine rings is 1. The van der Waals surface area contributed by atoms with Crippen LogP contribution < -0.4 is 10.6 Å². The lowest BCUT2D eigenvalue weighted by molar-refractivity contribution is 0.209. The first-order valence-corrected chi connectivity index (χ1v) is 7.20. The molecule has 1 aliphatic rings. The van der Waals surface area contributed by atoms with Crippen LogP contribution in [0.3, 0.4) is 0 Å². The number of aromatic nitrogens is 1. The van der Waals surface area contributed by atoms with E-state index < -0.39 is 0 Å². The van der Waals surface area contributed by atoms with E-state index in [4.69, 9.17) is 5.73 Å². The summed E-state index contributed by atoms with van der Waals surface area (Å²) in [5, 5.41) is 0. The van der Waals surface area contributed by atoms with Crippen LogP contribution >= 0.6 is 0 Å². The van der Waals surface area contributed by atoms with E-state index in [0.29, 0.717) is 6.04 Å². The summed E-state index contributed by atoms with van der Waals surface area (Å²) >= 11 is 0. The maximum absolute atomic E-state index is 5.93. The Hall–Kier alpha value is -1.13. The molecule has 0 spiro atoms. The van der Waals surface area contributed by atoms with Crippen molar-refractivity contribution in [1.29, 1.82) is 0 Å². The summed E-state index contributed by atoms with van der Waals surface area (Å²) in [6.07, 6.45) is 1.93. The number of hydrogen-bond donors (Lipinski definition) is 1. The second kappa shape index (κ2) is 5.88. The van der Waals surface area contributed by atoms with Crippen LogP contribution in [0.1, 0.15) is 37.9 Å². The maximum atomic E-state index is 5.93. The van der Waals surface area contributed by atoms with Gasteiger partial charge >= 0.3 is 0 Å². The highest BCUT2D eigenvalue weighted by molar-refractivity contribution is 5.44. The lowest BCUT2D eigenvalue weighted by Crippen LogP contribution is -2.49. The average molecular weight is 262 g/mol. The lowest BCUT2D eigenvalue weighted by Gasteiger charge is -2.37. The van der Waals surface area contributed by atoms with Crippen LogP contribution in [-0.4, -0.2) is 42.1 Å². The minimum Gasteiger partial charge on any atom is -0.354 e. The second-order valence-corrected chi connectivity index (χ2v) is 5.80. The molecule has 1 atom stereocenters. The van der Waals surface area contributed by atoms with Crippen molar-refractivity contribution in [2.24, 2.45) is 5.73 Å². The van der Waals surface area contributed by atoms with E-state index in [0.717, 1.165) is 37.6 Å². The highest BCUT2D eigenvalue weighted by Gasteiger charge is 2.20. The number of hydrogen-bond acceptors (Lipinski definition) is 4. The monoisotopic (exact) mass is 262 g/mol. The predicted molar refractivity (Wildman–Crippen MR) is 80.5 cm³/mol. The normalized spacial score (nSPS) is 18.9. The topological polar surface area (TPSA) is 45.4 Å². The number of nitrogens with two attached hydrogens (primary N) is 1. The molecular weight excluding hydrogens is 236 g/mol. The molecule has 2 heterocycles. The molecule has 1 aromatic rings. The van der Waals surface area contributed by atoms with E-state index in [1.54, 1.807) is 0 Å². The number of rotatable bonds is 3. The number of anilines is 1. The van der Waals surface area contributed by atoms with Crippen molar-refractivity contribution in [2.45, 2.75) is 39.8 Å². The predicted octanol–water partition coefficient (Wildman–Crippen LogP) is 1.94.